The van der Waals surface area contributed by atoms with E-state index in [9.17, 15) is 4.79 Å². The summed E-state index contributed by atoms with van der Waals surface area (Å²) in [6, 6.07) is 7.10. The van der Waals surface area contributed by atoms with E-state index < -0.39 is 12.1 Å². The highest BCUT2D eigenvalue weighted by molar-refractivity contribution is 9.10. The average molecular weight is 394 g/mol. The standard InChI is InChI=1S/C17H16BrNO5/c1-21-11-5-4-8(18)6-9(11)15-13-10(19)7-12(22-2)16(23-3)14(13)17(20)24-15/h4-7,15H,19H2,1-3H3/t15-/m0/s1. The maximum atomic E-state index is 12.5. The number of hydrogen-bond donors (Lipinski definition) is 1. The first-order chi connectivity index (χ1) is 11.5. The van der Waals surface area contributed by atoms with Gasteiger partial charge in [-0.25, -0.2) is 4.79 Å². The van der Waals surface area contributed by atoms with Crippen molar-refractivity contribution in [3.8, 4) is 17.2 Å². The number of carbonyl (C=O) groups excluding carboxylic acids is 1. The van der Waals surface area contributed by atoms with Crippen LogP contribution in [0.1, 0.15) is 27.6 Å². The number of rotatable bonds is 4. The molecule has 2 aromatic carbocycles. The van der Waals surface area contributed by atoms with Crippen molar-refractivity contribution in [3.05, 3.63) is 45.4 Å². The van der Waals surface area contributed by atoms with Gasteiger partial charge in [-0.05, 0) is 18.2 Å². The van der Waals surface area contributed by atoms with Crippen LogP contribution in [0.25, 0.3) is 0 Å². The molecule has 2 aromatic rings. The van der Waals surface area contributed by atoms with Crippen molar-refractivity contribution in [2.75, 3.05) is 27.1 Å². The van der Waals surface area contributed by atoms with E-state index >= 15 is 0 Å². The van der Waals surface area contributed by atoms with Crippen molar-refractivity contribution in [1.82, 2.24) is 0 Å². The van der Waals surface area contributed by atoms with Crippen LogP contribution >= 0.6 is 15.9 Å². The smallest absolute Gasteiger partial charge is 0.343 e. The van der Waals surface area contributed by atoms with E-state index in [2.05, 4.69) is 15.9 Å². The van der Waals surface area contributed by atoms with Gasteiger partial charge < -0.3 is 24.7 Å². The molecule has 1 aliphatic heterocycles. The molecule has 0 spiro atoms. The largest absolute Gasteiger partial charge is 0.496 e. The van der Waals surface area contributed by atoms with Gasteiger partial charge in [-0.1, -0.05) is 15.9 Å². The Balaban J connectivity index is 2.25. The number of nitrogens with two attached hydrogens (primary N) is 1. The lowest BCUT2D eigenvalue weighted by Gasteiger charge is -2.17. The molecule has 0 bridgehead atoms. The Morgan fingerprint density at radius 2 is 1.79 bits per heavy atom. The van der Waals surface area contributed by atoms with Gasteiger partial charge in [-0.2, -0.15) is 0 Å². The van der Waals surface area contributed by atoms with E-state index in [0.717, 1.165) is 4.47 Å². The highest BCUT2D eigenvalue weighted by Crippen LogP contribution is 2.49. The third-order valence-electron chi connectivity index (χ3n) is 3.91. The van der Waals surface area contributed by atoms with Gasteiger partial charge in [0, 0.05) is 27.4 Å². The fraction of sp³-hybridized carbons (Fsp3) is 0.235. The molecule has 0 saturated heterocycles. The van der Waals surface area contributed by atoms with E-state index in [1.807, 2.05) is 12.1 Å². The highest BCUT2D eigenvalue weighted by atomic mass is 79.9. The minimum Gasteiger partial charge on any atom is -0.496 e. The van der Waals surface area contributed by atoms with Crippen LogP contribution in [0.15, 0.2) is 28.7 Å². The summed E-state index contributed by atoms with van der Waals surface area (Å²) >= 11 is 3.43. The van der Waals surface area contributed by atoms with Gasteiger partial charge in [0.05, 0.1) is 21.3 Å². The molecule has 1 heterocycles. The number of esters is 1. The lowest BCUT2D eigenvalue weighted by atomic mass is 9.96. The molecule has 7 heteroatoms. The second kappa shape index (κ2) is 6.24. The van der Waals surface area contributed by atoms with E-state index in [0.29, 0.717) is 34.1 Å². The van der Waals surface area contributed by atoms with Crippen LogP contribution in [0.3, 0.4) is 0 Å². The van der Waals surface area contributed by atoms with Crippen LogP contribution in [0.4, 0.5) is 5.69 Å². The number of halogens is 1. The maximum absolute atomic E-state index is 12.5. The molecule has 0 radical (unpaired) electrons. The maximum Gasteiger partial charge on any atom is 0.343 e. The first-order valence-corrected chi connectivity index (χ1v) is 7.89. The first kappa shape index (κ1) is 16.4. The van der Waals surface area contributed by atoms with E-state index in [4.69, 9.17) is 24.7 Å². The molecule has 24 heavy (non-hydrogen) atoms. The summed E-state index contributed by atoms with van der Waals surface area (Å²) in [6.07, 6.45) is -0.681. The number of methoxy groups -OCH3 is 3. The van der Waals surface area contributed by atoms with Crippen molar-refractivity contribution in [3.63, 3.8) is 0 Å². The lowest BCUT2D eigenvalue weighted by molar-refractivity contribution is 0.0451. The Morgan fingerprint density at radius 3 is 2.42 bits per heavy atom. The summed E-state index contributed by atoms with van der Waals surface area (Å²) in [5.74, 6) is 0.772. The van der Waals surface area contributed by atoms with Crippen LogP contribution in [0.2, 0.25) is 0 Å². The molecule has 2 N–H and O–H groups in total. The SMILES string of the molecule is COc1ccc(Br)cc1[C@@H]1OC(=O)c2c(OC)c(OC)cc(N)c21. The number of ether oxygens (including phenoxy) is 4. The number of carbonyl (C=O) groups is 1. The predicted octanol–water partition coefficient (Wildman–Crippen LogP) is 3.32. The van der Waals surface area contributed by atoms with E-state index in [1.54, 1.807) is 19.2 Å². The monoisotopic (exact) mass is 393 g/mol. The summed E-state index contributed by atoms with van der Waals surface area (Å²) in [4.78, 5) is 12.5. The van der Waals surface area contributed by atoms with Gasteiger partial charge in [-0.15, -0.1) is 0 Å². The van der Waals surface area contributed by atoms with Crippen molar-refractivity contribution in [1.29, 1.82) is 0 Å². The molecule has 1 atom stereocenters. The van der Waals surface area contributed by atoms with Crippen molar-refractivity contribution in [2.24, 2.45) is 0 Å². The van der Waals surface area contributed by atoms with E-state index in [-0.39, 0.29) is 5.56 Å². The van der Waals surface area contributed by atoms with Gasteiger partial charge in [0.2, 0.25) is 0 Å². The van der Waals surface area contributed by atoms with E-state index in [1.165, 1.54) is 14.2 Å². The fourth-order valence-corrected chi connectivity index (χ4v) is 3.25. The minimum absolute atomic E-state index is 0.279. The minimum atomic E-state index is -0.681. The number of benzene rings is 2. The molecule has 0 unspecified atom stereocenters. The normalized spacial score (nSPS) is 15.7. The zero-order chi connectivity index (χ0) is 17.4. The molecule has 0 aliphatic carbocycles. The molecular formula is C17H16BrNO5. The number of cyclic esters (lactones) is 1. The number of fused-ring (bicyclic) bond motifs is 1. The van der Waals surface area contributed by atoms with Crippen LogP contribution < -0.4 is 19.9 Å². The lowest BCUT2D eigenvalue weighted by Crippen LogP contribution is -2.06. The Kier molecular flexibility index (Phi) is 4.28. The first-order valence-electron chi connectivity index (χ1n) is 7.10. The number of anilines is 1. The topological polar surface area (TPSA) is 80.0 Å². The van der Waals surface area contributed by atoms with Gasteiger partial charge in [-0.3, -0.25) is 0 Å². The summed E-state index contributed by atoms with van der Waals surface area (Å²) in [5, 5.41) is 0. The van der Waals surface area contributed by atoms with Crippen LogP contribution in [0, 0.1) is 0 Å². The summed E-state index contributed by atoms with van der Waals surface area (Å²) < 4.78 is 22.4. The fourth-order valence-electron chi connectivity index (χ4n) is 2.87. The summed E-state index contributed by atoms with van der Waals surface area (Å²) in [7, 11) is 4.51. The zero-order valence-electron chi connectivity index (χ0n) is 13.4. The van der Waals surface area contributed by atoms with Crippen LogP contribution in [0.5, 0.6) is 17.2 Å². The predicted molar refractivity (Wildman–Crippen MR) is 91.9 cm³/mol. The Bertz CT molecular complexity index is 821. The van der Waals surface area contributed by atoms with Gasteiger partial charge >= 0.3 is 5.97 Å². The molecule has 0 amide bonds. The van der Waals surface area contributed by atoms with Gasteiger partial charge in [0.1, 0.15) is 11.3 Å². The van der Waals surface area contributed by atoms with Gasteiger partial charge in [0.15, 0.2) is 17.6 Å². The van der Waals surface area contributed by atoms with Crippen molar-refractivity contribution in [2.45, 2.75) is 6.10 Å². The van der Waals surface area contributed by atoms with Crippen molar-refractivity contribution < 1.29 is 23.7 Å². The molecule has 6 nitrogen and oxygen atoms in total. The molecule has 1 aliphatic rings. The second-order valence-corrected chi connectivity index (χ2v) is 6.08. The molecule has 3 rings (SSSR count). The molecule has 126 valence electrons. The van der Waals surface area contributed by atoms with Crippen molar-refractivity contribution >= 4 is 27.6 Å². The quantitative estimate of drug-likeness (QED) is 0.633. The second-order valence-electron chi connectivity index (χ2n) is 5.16. The molecule has 0 saturated carbocycles. The Hall–Kier alpha value is -2.41. The van der Waals surface area contributed by atoms with Crippen LogP contribution in [-0.4, -0.2) is 27.3 Å². The Morgan fingerprint density at radius 1 is 1.08 bits per heavy atom. The number of hydrogen-bond acceptors (Lipinski definition) is 6. The molecular weight excluding hydrogens is 378 g/mol. The average Bonchev–Trinajstić information content (AvgIpc) is 2.92. The molecule has 0 aromatic heterocycles. The van der Waals surface area contributed by atoms with Crippen LogP contribution in [-0.2, 0) is 4.74 Å². The Labute approximate surface area is 147 Å². The van der Waals surface area contributed by atoms with Gasteiger partial charge in [0.25, 0.3) is 0 Å². The molecule has 0 fully saturated rings. The highest BCUT2D eigenvalue weighted by Gasteiger charge is 2.40. The number of nitrogen functional groups attached to an aromatic ring is 1. The summed E-state index contributed by atoms with van der Waals surface area (Å²) in [6.45, 7) is 0. The third-order valence-corrected chi connectivity index (χ3v) is 4.40. The zero-order valence-corrected chi connectivity index (χ0v) is 15.0. The summed E-state index contributed by atoms with van der Waals surface area (Å²) in [5.41, 5.74) is 8.08. The third kappa shape index (κ3) is 2.45.